The Morgan fingerprint density at radius 2 is 2.07 bits per heavy atom. The Kier molecular flexibility index (Phi) is 5.48. The number of thiol groups is 1. The van der Waals surface area contributed by atoms with Crippen molar-refractivity contribution in [2.24, 2.45) is 0 Å². The third-order valence-corrected chi connectivity index (χ3v) is 3.27. The maximum Gasteiger partial charge on any atom is 0.256 e. The van der Waals surface area contributed by atoms with Crippen LogP contribution in [-0.4, -0.2) is 16.5 Å². The smallest absolute Gasteiger partial charge is 0.256 e. The van der Waals surface area contributed by atoms with Gasteiger partial charge in [-0.1, -0.05) is 18.2 Å². The first-order valence-corrected chi connectivity index (χ1v) is 6.53. The van der Waals surface area contributed by atoms with Crippen molar-refractivity contribution in [2.45, 2.75) is 38.3 Å². The van der Waals surface area contributed by atoms with Crippen LogP contribution in [0.15, 0.2) is 9.64 Å². The molecule has 0 radical (unpaired) electrons. The molecule has 0 fully saturated rings. The van der Waals surface area contributed by atoms with Crippen molar-refractivity contribution in [1.29, 1.82) is 0 Å². The van der Waals surface area contributed by atoms with E-state index in [0.717, 1.165) is 28.2 Å². The zero-order valence-electron chi connectivity index (χ0n) is 8.75. The van der Waals surface area contributed by atoms with Gasteiger partial charge in [0, 0.05) is 5.75 Å². The van der Waals surface area contributed by atoms with Crippen molar-refractivity contribution in [2.75, 3.05) is 11.5 Å². The molecule has 0 N–H and O–H groups in total. The normalized spacial score (nSPS) is 10.8. The molecule has 1 rings (SSSR count). The topological polar surface area (TPSA) is 26.0 Å². The van der Waals surface area contributed by atoms with Crippen molar-refractivity contribution >= 4 is 24.4 Å². The average molecular weight is 231 g/mol. The largest absolute Gasteiger partial charge is 0.437 e. The van der Waals surface area contributed by atoms with Gasteiger partial charge in [0.2, 0.25) is 0 Å². The lowest BCUT2D eigenvalue weighted by molar-refractivity contribution is 0.431. The van der Waals surface area contributed by atoms with Gasteiger partial charge in [0.25, 0.3) is 5.22 Å². The number of oxazole rings is 1. The first-order chi connectivity index (χ1) is 6.74. The summed E-state index contributed by atoms with van der Waals surface area (Å²) in [6, 6.07) is 0. The van der Waals surface area contributed by atoms with Crippen molar-refractivity contribution < 1.29 is 4.42 Å². The van der Waals surface area contributed by atoms with E-state index >= 15 is 0 Å². The van der Waals surface area contributed by atoms with Crippen LogP contribution in [0.3, 0.4) is 0 Å². The predicted molar refractivity (Wildman–Crippen MR) is 64.4 cm³/mol. The molecule has 0 saturated carbocycles. The Labute approximate surface area is 95.3 Å². The minimum absolute atomic E-state index is 0.811. The fourth-order valence-corrected chi connectivity index (χ4v) is 2.19. The van der Waals surface area contributed by atoms with Gasteiger partial charge in [-0.15, -0.1) is 0 Å². The molecule has 1 aromatic heterocycles. The quantitative estimate of drug-likeness (QED) is 0.461. The SMILES string of the molecule is Cc1nc(SCCCCCS)oc1C. The van der Waals surface area contributed by atoms with Crippen LogP contribution in [0.1, 0.15) is 30.7 Å². The van der Waals surface area contributed by atoms with Crippen LogP contribution in [0, 0.1) is 13.8 Å². The summed E-state index contributed by atoms with van der Waals surface area (Å²) >= 11 is 5.87. The second-order valence-electron chi connectivity index (χ2n) is 3.25. The fourth-order valence-electron chi connectivity index (χ4n) is 1.06. The van der Waals surface area contributed by atoms with Crippen molar-refractivity contribution in [3.63, 3.8) is 0 Å². The first kappa shape index (κ1) is 12.0. The number of hydrogen-bond acceptors (Lipinski definition) is 4. The van der Waals surface area contributed by atoms with E-state index in [0.29, 0.717) is 0 Å². The minimum atomic E-state index is 0.811. The summed E-state index contributed by atoms with van der Waals surface area (Å²) in [6.07, 6.45) is 3.66. The number of hydrogen-bond donors (Lipinski definition) is 1. The first-order valence-electron chi connectivity index (χ1n) is 4.91. The van der Waals surface area contributed by atoms with E-state index in [-0.39, 0.29) is 0 Å². The molecule has 0 aliphatic heterocycles. The Bertz CT molecular complexity index is 254. The van der Waals surface area contributed by atoms with E-state index in [9.17, 15) is 0 Å². The minimum Gasteiger partial charge on any atom is -0.437 e. The second kappa shape index (κ2) is 6.40. The molecule has 0 aromatic carbocycles. The van der Waals surface area contributed by atoms with Crippen molar-refractivity contribution in [3.05, 3.63) is 11.5 Å². The second-order valence-corrected chi connectivity index (χ2v) is 4.75. The van der Waals surface area contributed by atoms with Gasteiger partial charge in [0.15, 0.2) is 0 Å². The molecular formula is C10H17NOS2. The highest BCUT2D eigenvalue weighted by Crippen LogP contribution is 2.21. The third kappa shape index (κ3) is 3.96. The van der Waals surface area contributed by atoms with Gasteiger partial charge in [-0.25, -0.2) is 4.98 Å². The zero-order chi connectivity index (χ0) is 10.4. The molecule has 2 nitrogen and oxygen atoms in total. The van der Waals surface area contributed by atoms with Crippen LogP contribution < -0.4 is 0 Å². The van der Waals surface area contributed by atoms with Crippen LogP contribution in [0.2, 0.25) is 0 Å². The van der Waals surface area contributed by atoms with E-state index in [1.807, 2.05) is 13.8 Å². The van der Waals surface area contributed by atoms with E-state index in [1.54, 1.807) is 11.8 Å². The van der Waals surface area contributed by atoms with Crippen molar-refractivity contribution in [3.8, 4) is 0 Å². The summed E-state index contributed by atoms with van der Waals surface area (Å²) in [5.41, 5.74) is 1.00. The number of thioether (sulfide) groups is 1. The summed E-state index contributed by atoms with van der Waals surface area (Å²) in [7, 11) is 0. The summed E-state index contributed by atoms with van der Waals surface area (Å²) < 4.78 is 5.46. The van der Waals surface area contributed by atoms with Gasteiger partial charge in [0.1, 0.15) is 5.76 Å². The van der Waals surface area contributed by atoms with Gasteiger partial charge in [-0.3, -0.25) is 0 Å². The van der Waals surface area contributed by atoms with Gasteiger partial charge in [0.05, 0.1) is 5.69 Å². The number of rotatable bonds is 6. The van der Waals surface area contributed by atoms with Gasteiger partial charge >= 0.3 is 0 Å². The molecule has 80 valence electrons. The maximum absolute atomic E-state index is 5.46. The molecular weight excluding hydrogens is 214 g/mol. The third-order valence-electron chi connectivity index (χ3n) is 2.04. The number of nitrogens with zero attached hydrogens (tertiary/aromatic N) is 1. The maximum atomic E-state index is 5.46. The molecule has 0 aliphatic carbocycles. The molecule has 0 bridgehead atoms. The van der Waals surface area contributed by atoms with E-state index < -0.39 is 0 Å². The molecule has 0 amide bonds. The van der Waals surface area contributed by atoms with Crippen LogP contribution >= 0.6 is 24.4 Å². The molecule has 0 aliphatic rings. The molecule has 14 heavy (non-hydrogen) atoms. The predicted octanol–water partition coefficient (Wildman–Crippen LogP) is 3.48. The lowest BCUT2D eigenvalue weighted by atomic mass is 10.3. The summed E-state index contributed by atoms with van der Waals surface area (Å²) in [6.45, 7) is 3.93. The highest BCUT2D eigenvalue weighted by molar-refractivity contribution is 7.99. The monoisotopic (exact) mass is 231 g/mol. The Morgan fingerprint density at radius 3 is 2.64 bits per heavy atom. The molecule has 0 saturated heterocycles. The summed E-state index contributed by atoms with van der Waals surface area (Å²) in [4.78, 5) is 4.31. The number of unbranched alkanes of at least 4 members (excludes halogenated alkanes) is 2. The summed E-state index contributed by atoms with van der Waals surface area (Å²) in [5, 5.41) is 0.811. The van der Waals surface area contributed by atoms with E-state index in [2.05, 4.69) is 17.6 Å². The van der Waals surface area contributed by atoms with Crippen LogP contribution in [0.25, 0.3) is 0 Å². The van der Waals surface area contributed by atoms with E-state index in [4.69, 9.17) is 4.42 Å². The lowest BCUT2D eigenvalue weighted by Gasteiger charge is -1.96. The highest BCUT2D eigenvalue weighted by atomic mass is 32.2. The van der Waals surface area contributed by atoms with Crippen LogP contribution in [0.4, 0.5) is 0 Å². The number of aromatic nitrogens is 1. The fraction of sp³-hybridized carbons (Fsp3) is 0.700. The average Bonchev–Trinajstić information content (AvgIpc) is 2.46. The Hall–Kier alpha value is -0.0900. The van der Waals surface area contributed by atoms with Gasteiger partial charge < -0.3 is 4.42 Å². The van der Waals surface area contributed by atoms with Crippen LogP contribution in [-0.2, 0) is 0 Å². The van der Waals surface area contributed by atoms with Gasteiger partial charge in [-0.2, -0.15) is 12.6 Å². The molecule has 0 unspecified atom stereocenters. The summed E-state index contributed by atoms with van der Waals surface area (Å²) in [5.74, 6) is 3.01. The molecule has 4 heteroatoms. The molecule has 1 aromatic rings. The Morgan fingerprint density at radius 1 is 1.29 bits per heavy atom. The standard InChI is InChI=1S/C10H17NOS2/c1-8-9(2)12-10(11-8)14-7-5-3-4-6-13/h13H,3-7H2,1-2H3. The highest BCUT2D eigenvalue weighted by Gasteiger charge is 2.04. The van der Waals surface area contributed by atoms with E-state index in [1.165, 1.54) is 19.3 Å². The zero-order valence-corrected chi connectivity index (χ0v) is 10.5. The van der Waals surface area contributed by atoms with Crippen molar-refractivity contribution in [1.82, 2.24) is 4.98 Å². The Balaban J connectivity index is 2.18. The lowest BCUT2D eigenvalue weighted by Crippen LogP contribution is -1.82. The van der Waals surface area contributed by atoms with Crippen LogP contribution in [0.5, 0.6) is 0 Å². The molecule has 0 atom stereocenters. The van der Waals surface area contributed by atoms with Gasteiger partial charge in [-0.05, 0) is 32.4 Å². The molecule has 1 heterocycles. The molecule has 0 spiro atoms. The number of aryl methyl sites for hydroxylation is 2.